The predicted molar refractivity (Wildman–Crippen MR) is 146 cm³/mol. The fourth-order valence-corrected chi connectivity index (χ4v) is 3.63. The summed E-state index contributed by atoms with van der Waals surface area (Å²) in [6.07, 6.45) is 1.23. The van der Waals surface area contributed by atoms with E-state index < -0.39 is 23.3 Å². The zero-order chi connectivity index (χ0) is 28.9. The van der Waals surface area contributed by atoms with E-state index in [0.29, 0.717) is 13.1 Å². The maximum atomic E-state index is 12.4. The molecule has 0 bridgehead atoms. The summed E-state index contributed by atoms with van der Waals surface area (Å²) in [5.41, 5.74) is 0.0288. The van der Waals surface area contributed by atoms with Crippen LogP contribution in [0.15, 0.2) is 49.6 Å². The molecule has 0 aliphatic carbocycles. The van der Waals surface area contributed by atoms with Gasteiger partial charge in [-0.1, -0.05) is 37.4 Å². The highest BCUT2D eigenvalue weighted by molar-refractivity contribution is 5.87. The van der Waals surface area contributed by atoms with Crippen molar-refractivity contribution in [2.24, 2.45) is 0 Å². The first kappa shape index (κ1) is 32.2. The van der Waals surface area contributed by atoms with Crippen LogP contribution >= 0.6 is 0 Å². The molecule has 4 amide bonds. The van der Waals surface area contributed by atoms with Gasteiger partial charge in [0, 0.05) is 13.1 Å². The van der Waals surface area contributed by atoms with Crippen molar-refractivity contribution < 1.29 is 28.7 Å². The van der Waals surface area contributed by atoms with Gasteiger partial charge in [-0.25, -0.2) is 9.59 Å². The number of hydrogen-bond acceptors (Lipinski definition) is 6. The Morgan fingerprint density at radius 1 is 0.789 bits per heavy atom. The van der Waals surface area contributed by atoms with Crippen molar-refractivity contribution in [3.8, 4) is 0 Å². The first-order valence-electron chi connectivity index (χ1n) is 12.6. The number of amides is 4. The monoisotopic (exact) mass is 530 g/mol. The van der Waals surface area contributed by atoms with Crippen LogP contribution in [0.2, 0.25) is 0 Å². The Morgan fingerprint density at radius 3 is 1.47 bits per heavy atom. The SMILES string of the molecule is C=CC(=O)N(CC)CCOC(=O)NC(C)(C)c1cccc(C(C)(C)NC(=O)OCCN(CC)C(=O)C=C)c1. The van der Waals surface area contributed by atoms with E-state index in [9.17, 15) is 19.2 Å². The van der Waals surface area contributed by atoms with Crippen molar-refractivity contribution in [2.45, 2.75) is 52.6 Å². The molecule has 0 radical (unpaired) electrons. The highest BCUT2D eigenvalue weighted by atomic mass is 16.6. The van der Waals surface area contributed by atoms with Crippen LogP contribution in [-0.2, 0) is 30.1 Å². The van der Waals surface area contributed by atoms with Crippen LogP contribution in [0.4, 0.5) is 9.59 Å². The number of alkyl carbamates (subject to hydrolysis) is 2. The summed E-state index contributed by atoms with van der Waals surface area (Å²) in [5.74, 6) is -0.445. The molecular formula is C28H42N4O6. The van der Waals surface area contributed by atoms with E-state index in [-0.39, 0.29) is 38.1 Å². The molecule has 10 nitrogen and oxygen atoms in total. The van der Waals surface area contributed by atoms with Gasteiger partial charge < -0.3 is 29.9 Å². The van der Waals surface area contributed by atoms with E-state index in [1.807, 2.05) is 65.8 Å². The number of rotatable bonds is 14. The molecule has 0 aliphatic rings. The standard InChI is InChI=1S/C28H42N4O6/c1-9-23(33)31(11-3)16-18-37-25(35)29-27(5,6)21-14-13-15-22(20-21)28(7,8)30-26(36)38-19-17-32(12-4)24(34)10-2/h9-10,13-15,20H,1-2,11-12,16-19H2,3-8H3,(H,29,35)(H,30,36). The summed E-state index contributed by atoms with van der Waals surface area (Å²) >= 11 is 0. The van der Waals surface area contributed by atoms with E-state index in [4.69, 9.17) is 9.47 Å². The maximum Gasteiger partial charge on any atom is 0.407 e. The van der Waals surface area contributed by atoms with Crippen molar-refractivity contribution in [1.82, 2.24) is 20.4 Å². The number of likely N-dealkylation sites (N-methyl/N-ethyl adjacent to an activating group) is 2. The molecular weight excluding hydrogens is 488 g/mol. The average Bonchev–Trinajstić information content (AvgIpc) is 2.87. The lowest BCUT2D eigenvalue weighted by atomic mass is 9.87. The molecule has 38 heavy (non-hydrogen) atoms. The first-order chi connectivity index (χ1) is 17.8. The molecule has 2 N–H and O–H groups in total. The van der Waals surface area contributed by atoms with Gasteiger partial charge in [0.2, 0.25) is 11.8 Å². The normalized spacial score (nSPS) is 11.1. The highest BCUT2D eigenvalue weighted by Crippen LogP contribution is 2.27. The number of hydrogen-bond donors (Lipinski definition) is 2. The third-order valence-electron chi connectivity index (χ3n) is 6.06. The second-order valence-electron chi connectivity index (χ2n) is 9.60. The Kier molecular flexibility index (Phi) is 12.5. The minimum Gasteiger partial charge on any atom is -0.448 e. The zero-order valence-electron chi connectivity index (χ0n) is 23.5. The Bertz CT molecular complexity index is 930. The zero-order valence-corrected chi connectivity index (χ0v) is 23.5. The van der Waals surface area contributed by atoms with Gasteiger partial charge in [0.25, 0.3) is 0 Å². The second kappa shape index (κ2) is 14.8. The topological polar surface area (TPSA) is 117 Å². The molecule has 0 saturated heterocycles. The molecule has 0 aromatic heterocycles. The summed E-state index contributed by atoms with van der Waals surface area (Å²) in [5, 5.41) is 5.70. The van der Waals surface area contributed by atoms with E-state index in [2.05, 4.69) is 23.8 Å². The number of carbonyl (C=O) groups is 4. The molecule has 1 aromatic carbocycles. The summed E-state index contributed by atoms with van der Waals surface area (Å²) in [6.45, 7) is 19.6. The summed E-state index contributed by atoms with van der Waals surface area (Å²) in [6, 6.07) is 7.48. The summed E-state index contributed by atoms with van der Waals surface area (Å²) in [4.78, 5) is 51.4. The van der Waals surface area contributed by atoms with Crippen molar-refractivity contribution in [3.05, 3.63) is 60.7 Å². The molecule has 0 heterocycles. The lowest BCUT2D eigenvalue weighted by molar-refractivity contribution is -0.127. The summed E-state index contributed by atoms with van der Waals surface area (Å²) < 4.78 is 10.6. The number of carbonyl (C=O) groups excluding carboxylic acids is 4. The van der Waals surface area contributed by atoms with Crippen LogP contribution in [-0.4, -0.2) is 73.2 Å². The summed E-state index contributed by atoms with van der Waals surface area (Å²) in [7, 11) is 0. The van der Waals surface area contributed by atoms with E-state index >= 15 is 0 Å². The van der Waals surface area contributed by atoms with Gasteiger partial charge in [0.05, 0.1) is 24.2 Å². The first-order valence-corrected chi connectivity index (χ1v) is 12.6. The van der Waals surface area contributed by atoms with Gasteiger partial charge in [-0.05, 0) is 64.8 Å². The lowest BCUT2D eigenvalue weighted by Crippen LogP contribution is -2.44. The van der Waals surface area contributed by atoms with E-state index in [1.165, 1.54) is 22.0 Å². The van der Waals surface area contributed by atoms with Crippen LogP contribution in [0, 0.1) is 0 Å². The molecule has 1 rings (SSSR count). The smallest absolute Gasteiger partial charge is 0.407 e. The van der Waals surface area contributed by atoms with Crippen molar-refractivity contribution in [2.75, 3.05) is 39.4 Å². The predicted octanol–water partition coefficient (Wildman–Crippen LogP) is 3.68. The quantitative estimate of drug-likeness (QED) is 0.355. The third-order valence-corrected chi connectivity index (χ3v) is 6.06. The van der Waals surface area contributed by atoms with Crippen molar-refractivity contribution >= 4 is 24.0 Å². The minimum absolute atomic E-state index is 0.0478. The highest BCUT2D eigenvalue weighted by Gasteiger charge is 2.28. The molecule has 1 aromatic rings. The maximum absolute atomic E-state index is 12.4. The molecule has 10 heteroatoms. The van der Waals surface area contributed by atoms with E-state index in [0.717, 1.165) is 11.1 Å². The van der Waals surface area contributed by atoms with Crippen LogP contribution < -0.4 is 10.6 Å². The minimum atomic E-state index is -0.785. The van der Waals surface area contributed by atoms with Gasteiger partial charge in [0.1, 0.15) is 13.2 Å². The molecule has 0 aliphatic heterocycles. The fourth-order valence-electron chi connectivity index (χ4n) is 3.63. The molecule has 210 valence electrons. The third kappa shape index (κ3) is 9.91. The second-order valence-corrected chi connectivity index (χ2v) is 9.60. The van der Waals surface area contributed by atoms with Crippen molar-refractivity contribution in [3.63, 3.8) is 0 Å². The van der Waals surface area contributed by atoms with E-state index in [1.54, 1.807) is 0 Å². The molecule has 0 atom stereocenters. The molecule has 0 spiro atoms. The number of benzene rings is 1. The number of nitrogens with zero attached hydrogens (tertiary/aromatic N) is 2. The van der Waals surface area contributed by atoms with Crippen molar-refractivity contribution in [1.29, 1.82) is 0 Å². The number of nitrogens with one attached hydrogen (secondary N) is 2. The van der Waals surface area contributed by atoms with Crippen LogP contribution in [0.3, 0.4) is 0 Å². The van der Waals surface area contributed by atoms with Gasteiger partial charge >= 0.3 is 12.2 Å². The molecule has 0 fully saturated rings. The van der Waals surface area contributed by atoms with Crippen LogP contribution in [0.1, 0.15) is 52.7 Å². The van der Waals surface area contributed by atoms with Crippen LogP contribution in [0.25, 0.3) is 0 Å². The van der Waals surface area contributed by atoms with Gasteiger partial charge in [-0.3, -0.25) is 9.59 Å². The van der Waals surface area contributed by atoms with Gasteiger partial charge in [-0.2, -0.15) is 0 Å². The average molecular weight is 531 g/mol. The Hall–Kier alpha value is -3.82. The largest absolute Gasteiger partial charge is 0.448 e. The lowest BCUT2D eigenvalue weighted by Gasteiger charge is -2.31. The Morgan fingerprint density at radius 2 is 1.16 bits per heavy atom. The Balaban J connectivity index is 2.76. The van der Waals surface area contributed by atoms with Gasteiger partial charge in [0.15, 0.2) is 0 Å². The fraction of sp³-hybridized carbons (Fsp3) is 0.500. The molecule has 0 unspecified atom stereocenters. The molecule has 0 saturated carbocycles. The number of ether oxygens (including phenoxy) is 2. The van der Waals surface area contributed by atoms with Crippen LogP contribution in [0.5, 0.6) is 0 Å². The van der Waals surface area contributed by atoms with Gasteiger partial charge in [-0.15, -0.1) is 0 Å². The Labute approximate surface area is 226 Å².